The van der Waals surface area contributed by atoms with Crippen molar-refractivity contribution in [2.75, 3.05) is 11.9 Å². The van der Waals surface area contributed by atoms with E-state index in [1.165, 1.54) is 18.5 Å². The molecule has 0 aliphatic heterocycles. The molecule has 3 aromatic rings. The average Bonchev–Trinajstić information content (AvgIpc) is 2.60. The standard InChI is InChI=1S/C19H19FN4O/c1-19(2,13-7-9-14(20)10-8-13)24-17(25)11-21-18-15-5-3-4-6-16(15)22-12-23-18/h3-10,12H,11H2,1-2H3,(H,24,25)(H,21,22,23). The van der Waals surface area contributed by atoms with E-state index in [2.05, 4.69) is 20.6 Å². The number of anilines is 1. The lowest BCUT2D eigenvalue weighted by molar-refractivity contribution is -0.121. The molecule has 0 aliphatic carbocycles. The van der Waals surface area contributed by atoms with Gasteiger partial charge in [-0.15, -0.1) is 0 Å². The number of fused-ring (bicyclic) bond motifs is 1. The predicted octanol–water partition coefficient (Wildman–Crippen LogP) is 3.23. The van der Waals surface area contributed by atoms with Gasteiger partial charge in [-0.05, 0) is 43.7 Å². The number of hydrogen-bond acceptors (Lipinski definition) is 4. The quantitative estimate of drug-likeness (QED) is 0.749. The van der Waals surface area contributed by atoms with Crippen LogP contribution in [0, 0.1) is 5.82 Å². The molecule has 0 saturated heterocycles. The van der Waals surface area contributed by atoms with Crippen LogP contribution in [0.3, 0.4) is 0 Å². The maximum atomic E-state index is 13.1. The molecule has 0 unspecified atom stereocenters. The normalized spacial score (nSPS) is 11.3. The largest absolute Gasteiger partial charge is 0.360 e. The van der Waals surface area contributed by atoms with E-state index in [0.717, 1.165) is 16.5 Å². The Morgan fingerprint density at radius 1 is 1.08 bits per heavy atom. The Morgan fingerprint density at radius 2 is 1.80 bits per heavy atom. The summed E-state index contributed by atoms with van der Waals surface area (Å²) in [4.78, 5) is 20.7. The van der Waals surface area contributed by atoms with Gasteiger partial charge in [0.05, 0.1) is 17.6 Å². The lowest BCUT2D eigenvalue weighted by Crippen LogP contribution is -2.43. The number of carbonyl (C=O) groups is 1. The molecule has 0 fully saturated rings. The molecular weight excluding hydrogens is 319 g/mol. The van der Waals surface area contributed by atoms with Crippen molar-refractivity contribution in [3.05, 3.63) is 66.2 Å². The molecule has 0 atom stereocenters. The second kappa shape index (κ2) is 6.84. The summed E-state index contributed by atoms with van der Waals surface area (Å²) in [5.74, 6) is 0.125. The van der Waals surface area contributed by atoms with Crippen molar-refractivity contribution in [1.82, 2.24) is 15.3 Å². The van der Waals surface area contributed by atoms with Gasteiger partial charge in [-0.3, -0.25) is 4.79 Å². The van der Waals surface area contributed by atoms with Crippen LogP contribution >= 0.6 is 0 Å². The maximum Gasteiger partial charge on any atom is 0.240 e. The number of benzene rings is 2. The van der Waals surface area contributed by atoms with E-state index in [0.29, 0.717) is 5.82 Å². The number of para-hydroxylation sites is 1. The Bertz CT molecular complexity index is 888. The van der Waals surface area contributed by atoms with Gasteiger partial charge in [-0.2, -0.15) is 0 Å². The summed E-state index contributed by atoms with van der Waals surface area (Å²) in [6.45, 7) is 3.82. The molecule has 0 saturated carbocycles. The Kier molecular flexibility index (Phi) is 4.61. The van der Waals surface area contributed by atoms with E-state index in [1.807, 2.05) is 38.1 Å². The van der Waals surface area contributed by atoms with Gasteiger partial charge < -0.3 is 10.6 Å². The number of aromatic nitrogens is 2. The summed E-state index contributed by atoms with van der Waals surface area (Å²) in [7, 11) is 0. The molecule has 1 heterocycles. The highest BCUT2D eigenvalue weighted by molar-refractivity contribution is 5.90. The monoisotopic (exact) mass is 338 g/mol. The third kappa shape index (κ3) is 3.91. The number of nitrogens with zero attached hydrogens (tertiary/aromatic N) is 2. The van der Waals surface area contributed by atoms with Crippen molar-refractivity contribution in [2.45, 2.75) is 19.4 Å². The maximum absolute atomic E-state index is 13.1. The van der Waals surface area contributed by atoms with Gasteiger partial charge in [0.1, 0.15) is 18.0 Å². The van der Waals surface area contributed by atoms with Gasteiger partial charge in [-0.25, -0.2) is 14.4 Å². The fourth-order valence-electron chi connectivity index (χ4n) is 2.64. The van der Waals surface area contributed by atoms with Crippen LogP contribution in [0.15, 0.2) is 54.9 Å². The number of carbonyl (C=O) groups excluding carboxylic acids is 1. The van der Waals surface area contributed by atoms with Crippen molar-refractivity contribution in [3.63, 3.8) is 0 Å². The molecule has 2 N–H and O–H groups in total. The van der Waals surface area contributed by atoms with Gasteiger partial charge >= 0.3 is 0 Å². The number of amides is 1. The Labute approximate surface area is 145 Å². The Balaban J connectivity index is 1.67. The van der Waals surface area contributed by atoms with Crippen LogP contribution < -0.4 is 10.6 Å². The molecule has 1 aromatic heterocycles. The van der Waals surface area contributed by atoms with Crippen molar-refractivity contribution in [3.8, 4) is 0 Å². The third-order valence-electron chi connectivity index (χ3n) is 3.98. The fraction of sp³-hybridized carbons (Fsp3) is 0.211. The molecular formula is C19H19FN4O. The van der Waals surface area contributed by atoms with Crippen molar-refractivity contribution < 1.29 is 9.18 Å². The molecule has 6 heteroatoms. The zero-order chi connectivity index (χ0) is 17.9. The van der Waals surface area contributed by atoms with Gasteiger partial charge in [0.25, 0.3) is 0 Å². The van der Waals surface area contributed by atoms with Gasteiger partial charge in [0.15, 0.2) is 0 Å². The van der Waals surface area contributed by atoms with E-state index in [-0.39, 0.29) is 18.3 Å². The first-order chi connectivity index (χ1) is 12.0. The summed E-state index contributed by atoms with van der Waals surface area (Å²) in [5, 5.41) is 6.85. The van der Waals surface area contributed by atoms with E-state index >= 15 is 0 Å². The second-order valence-electron chi connectivity index (χ2n) is 6.27. The summed E-state index contributed by atoms with van der Waals surface area (Å²) >= 11 is 0. The predicted molar refractivity (Wildman–Crippen MR) is 95.6 cm³/mol. The molecule has 25 heavy (non-hydrogen) atoms. The highest BCUT2D eigenvalue weighted by Gasteiger charge is 2.22. The molecule has 3 rings (SSSR count). The number of rotatable bonds is 5. The van der Waals surface area contributed by atoms with Gasteiger partial charge in [0.2, 0.25) is 5.91 Å². The summed E-state index contributed by atoms with van der Waals surface area (Å²) < 4.78 is 13.1. The minimum Gasteiger partial charge on any atom is -0.360 e. The first kappa shape index (κ1) is 16.8. The smallest absolute Gasteiger partial charge is 0.240 e. The molecule has 1 amide bonds. The minimum atomic E-state index is -0.611. The molecule has 0 aliphatic rings. The summed E-state index contributed by atoms with van der Waals surface area (Å²) in [5.41, 5.74) is 1.03. The number of nitrogens with one attached hydrogen (secondary N) is 2. The zero-order valence-electron chi connectivity index (χ0n) is 14.1. The third-order valence-corrected chi connectivity index (χ3v) is 3.98. The first-order valence-electron chi connectivity index (χ1n) is 7.96. The van der Waals surface area contributed by atoms with Crippen molar-refractivity contribution in [2.24, 2.45) is 0 Å². The topological polar surface area (TPSA) is 66.9 Å². The highest BCUT2D eigenvalue weighted by Crippen LogP contribution is 2.21. The van der Waals surface area contributed by atoms with Crippen LogP contribution in [0.2, 0.25) is 0 Å². The van der Waals surface area contributed by atoms with Crippen molar-refractivity contribution >= 4 is 22.6 Å². The Hall–Kier alpha value is -3.02. The molecule has 0 bridgehead atoms. The van der Waals surface area contributed by atoms with Gasteiger partial charge in [0, 0.05) is 5.39 Å². The van der Waals surface area contributed by atoms with E-state index < -0.39 is 5.54 Å². The lowest BCUT2D eigenvalue weighted by atomic mass is 9.94. The number of halogens is 1. The lowest BCUT2D eigenvalue weighted by Gasteiger charge is -2.27. The number of hydrogen-bond donors (Lipinski definition) is 2. The average molecular weight is 338 g/mol. The van der Waals surface area contributed by atoms with Gasteiger partial charge in [-0.1, -0.05) is 24.3 Å². The summed E-state index contributed by atoms with van der Waals surface area (Å²) in [6.07, 6.45) is 1.46. The second-order valence-corrected chi connectivity index (χ2v) is 6.27. The molecule has 2 aromatic carbocycles. The van der Waals surface area contributed by atoms with Crippen LogP contribution in [0.4, 0.5) is 10.2 Å². The fourth-order valence-corrected chi connectivity index (χ4v) is 2.64. The van der Waals surface area contributed by atoms with Crippen LogP contribution in [0.25, 0.3) is 10.9 Å². The van der Waals surface area contributed by atoms with E-state index in [4.69, 9.17) is 0 Å². The SMILES string of the molecule is CC(C)(NC(=O)CNc1ncnc2ccccc12)c1ccc(F)cc1. The van der Waals surface area contributed by atoms with Crippen LogP contribution in [-0.4, -0.2) is 22.4 Å². The molecule has 128 valence electrons. The first-order valence-corrected chi connectivity index (χ1v) is 7.96. The highest BCUT2D eigenvalue weighted by atomic mass is 19.1. The Morgan fingerprint density at radius 3 is 2.56 bits per heavy atom. The molecule has 0 radical (unpaired) electrons. The zero-order valence-corrected chi connectivity index (χ0v) is 14.1. The van der Waals surface area contributed by atoms with Crippen molar-refractivity contribution in [1.29, 1.82) is 0 Å². The molecule has 5 nitrogen and oxygen atoms in total. The van der Waals surface area contributed by atoms with Crippen LogP contribution in [-0.2, 0) is 10.3 Å². The summed E-state index contributed by atoms with van der Waals surface area (Å²) in [6, 6.07) is 13.7. The van der Waals surface area contributed by atoms with E-state index in [1.54, 1.807) is 12.1 Å². The van der Waals surface area contributed by atoms with E-state index in [9.17, 15) is 9.18 Å². The minimum absolute atomic E-state index is 0.0750. The van der Waals surface area contributed by atoms with Crippen LogP contribution in [0.1, 0.15) is 19.4 Å². The molecule has 0 spiro atoms. The van der Waals surface area contributed by atoms with Crippen LogP contribution in [0.5, 0.6) is 0 Å².